The molecule has 0 amide bonds. The van der Waals surface area contributed by atoms with Crippen LogP contribution in [0.15, 0.2) is 0 Å². The van der Waals surface area contributed by atoms with E-state index >= 15 is 0 Å². The topological polar surface area (TPSA) is 66.8 Å². The molecule has 0 rings (SSSR count). The molecule has 0 aromatic carbocycles. The molecule has 0 aromatic rings. The number of hydrogen-bond acceptors (Lipinski definition) is 2. The van der Waals surface area contributed by atoms with Crippen LogP contribution in [0.1, 0.15) is 19.3 Å². The standard InChI is InChI=1S/C6H11O4P/c1-2-3-4-5-6-10-11(7,8)9/h1H,3-6H2,(H2,7,8,9). The number of phosphoric acid groups is 1. The van der Waals surface area contributed by atoms with Gasteiger partial charge in [0.05, 0.1) is 6.61 Å². The summed E-state index contributed by atoms with van der Waals surface area (Å²) >= 11 is 0. The van der Waals surface area contributed by atoms with Crippen LogP contribution < -0.4 is 0 Å². The second kappa shape index (κ2) is 5.34. The van der Waals surface area contributed by atoms with E-state index < -0.39 is 7.82 Å². The van der Waals surface area contributed by atoms with Gasteiger partial charge in [-0.05, 0) is 12.8 Å². The van der Waals surface area contributed by atoms with Gasteiger partial charge in [0.25, 0.3) is 0 Å². The van der Waals surface area contributed by atoms with Crippen LogP contribution in [0, 0.1) is 12.3 Å². The summed E-state index contributed by atoms with van der Waals surface area (Å²) in [5, 5.41) is 0. The van der Waals surface area contributed by atoms with Gasteiger partial charge in [-0.1, -0.05) is 0 Å². The van der Waals surface area contributed by atoms with E-state index in [9.17, 15) is 4.57 Å². The summed E-state index contributed by atoms with van der Waals surface area (Å²) < 4.78 is 14.3. The number of hydrogen-bond donors (Lipinski definition) is 2. The molecule has 0 spiro atoms. The first kappa shape index (κ1) is 10.7. The summed E-state index contributed by atoms with van der Waals surface area (Å²) in [7, 11) is -4.27. The summed E-state index contributed by atoms with van der Waals surface area (Å²) in [4.78, 5) is 16.4. The van der Waals surface area contributed by atoms with E-state index in [2.05, 4.69) is 10.4 Å². The fourth-order valence-electron chi connectivity index (χ4n) is 0.513. The minimum atomic E-state index is -4.27. The SMILES string of the molecule is C#CCCCCOP(=O)(O)O. The summed E-state index contributed by atoms with van der Waals surface area (Å²) in [6.45, 7) is 0.0615. The molecule has 0 radical (unpaired) electrons. The third kappa shape index (κ3) is 9.67. The second-order valence-corrected chi connectivity index (χ2v) is 3.22. The van der Waals surface area contributed by atoms with Crippen molar-refractivity contribution in [1.29, 1.82) is 0 Å². The average Bonchev–Trinajstić information content (AvgIpc) is 1.85. The molecule has 0 heterocycles. The zero-order chi connectivity index (χ0) is 8.74. The zero-order valence-corrected chi connectivity index (χ0v) is 6.96. The maximum Gasteiger partial charge on any atom is 0.469 e. The van der Waals surface area contributed by atoms with Crippen LogP contribution in [0.5, 0.6) is 0 Å². The van der Waals surface area contributed by atoms with Gasteiger partial charge >= 0.3 is 7.82 Å². The molecule has 0 saturated heterocycles. The monoisotopic (exact) mass is 178 g/mol. The molecule has 0 unspecified atom stereocenters. The van der Waals surface area contributed by atoms with E-state index in [1.54, 1.807) is 0 Å². The molecule has 2 N–H and O–H groups in total. The molecule has 4 nitrogen and oxygen atoms in total. The first-order valence-corrected chi connectivity index (χ1v) is 4.73. The van der Waals surface area contributed by atoms with Crippen molar-refractivity contribution >= 4 is 7.82 Å². The highest BCUT2D eigenvalue weighted by Crippen LogP contribution is 2.35. The van der Waals surface area contributed by atoms with Crippen LogP contribution in [0.2, 0.25) is 0 Å². The summed E-state index contributed by atoms with van der Waals surface area (Å²) in [5.74, 6) is 2.42. The Morgan fingerprint density at radius 2 is 2.09 bits per heavy atom. The molecule has 0 aliphatic carbocycles. The first-order valence-electron chi connectivity index (χ1n) is 3.20. The van der Waals surface area contributed by atoms with Crippen molar-refractivity contribution < 1.29 is 18.9 Å². The van der Waals surface area contributed by atoms with Crippen LogP contribution in [0.4, 0.5) is 0 Å². The lowest BCUT2D eigenvalue weighted by atomic mass is 10.2. The lowest BCUT2D eigenvalue weighted by molar-refractivity contribution is 0.194. The maximum absolute atomic E-state index is 10.1. The lowest BCUT2D eigenvalue weighted by Gasteiger charge is -2.02. The highest BCUT2D eigenvalue weighted by Gasteiger charge is 2.11. The molecule has 0 aromatic heterocycles. The quantitative estimate of drug-likeness (QED) is 0.373. The highest BCUT2D eigenvalue weighted by molar-refractivity contribution is 7.46. The van der Waals surface area contributed by atoms with E-state index in [0.717, 1.165) is 6.42 Å². The zero-order valence-electron chi connectivity index (χ0n) is 6.06. The van der Waals surface area contributed by atoms with E-state index in [4.69, 9.17) is 16.2 Å². The Hall–Kier alpha value is -0.330. The Morgan fingerprint density at radius 1 is 1.45 bits per heavy atom. The van der Waals surface area contributed by atoms with Crippen molar-refractivity contribution in [2.45, 2.75) is 19.3 Å². The summed E-state index contributed by atoms with van der Waals surface area (Å²) in [6.07, 6.45) is 6.88. The molecule has 0 fully saturated rings. The number of terminal acetylenes is 1. The summed E-state index contributed by atoms with van der Waals surface area (Å²) in [5.41, 5.74) is 0. The number of rotatable bonds is 5. The second-order valence-electron chi connectivity index (χ2n) is 1.99. The van der Waals surface area contributed by atoms with Gasteiger partial charge in [0.2, 0.25) is 0 Å². The van der Waals surface area contributed by atoms with Crippen molar-refractivity contribution in [3.05, 3.63) is 0 Å². The third-order valence-corrected chi connectivity index (χ3v) is 1.49. The van der Waals surface area contributed by atoms with Crippen LogP contribution in [0.25, 0.3) is 0 Å². The molecule has 0 atom stereocenters. The smallest absolute Gasteiger partial charge is 0.303 e. The van der Waals surface area contributed by atoms with Crippen molar-refractivity contribution in [1.82, 2.24) is 0 Å². The largest absolute Gasteiger partial charge is 0.469 e. The fraction of sp³-hybridized carbons (Fsp3) is 0.667. The van der Waals surface area contributed by atoms with E-state index in [1.165, 1.54) is 0 Å². The van der Waals surface area contributed by atoms with Gasteiger partial charge in [0, 0.05) is 6.42 Å². The predicted octanol–water partition coefficient (Wildman–Crippen LogP) is 0.899. The molecule has 11 heavy (non-hydrogen) atoms. The van der Waals surface area contributed by atoms with Crippen molar-refractivity contribution in [3.8, 4) is 12.3 Å². The van der Waals surface area contributed by atoms with Crippen LogP contribution in [-0.2, 0) is 9.09 Å². The van der Waals surface area contributed by atoms with E-state index in [1.807, 2.05) is 0 Å². The predicted molar refractivity (Wildman–Crippen MR) is 40.7 cm³/mol. The molecule has 0 saturated carbocycles. The number of unbranched alkanes of at least 4 members (excludes halogenated alkanes) is 2. The molecule has 0 aliphatic rings. The van der Waals surface area contributed by atoms with Gasteiger partial charge in [0.1, 0.15) is 0 Å². The molecular weight excluding hydrogens is 167 g/mol. The Bertz CT molecular complexity index is 178. The van der Waals surface area contributed by atoms with Crippen LogP contribution in [0.3, 0.4) is 0 Å². The average molecular weight is 178 g/mol. The molecule has 5 heteroatoms. The summed E-state index contributed by atoms with van der Waals surface area (Å²) in [6, 6.07) is 0. The van der Waals surface area contributed by atoms with Gasteiger partial charge in [-0.2, -0.15) is 0 Å². The normalized spacial score (nSPS) is 11.0. The Morgan fingerprint density at radius 3 is 2.55 bits per heavy atom. The third-order valence-electron chi connectivity index (χ3n) is 0.975. The minimum absolute atomic E-state index is 0.0615. The fourth-order valence-corrected chi connectivity index (χ4v) is 0.880. The van der Waals surface area contributed by atoms with Crippen LogP contribution >= 0.6 is 7.82 Å². The highest BCUT2D eigenvalue weighted by atomic mass is 31.2. The van der Waals surface area contributed by atoms with Crippen molar-refractivity contribution in [2.24, 2.45) is 0 Å². The van der Waals surface area contributed by atoms with E-state index in [0.29, 0.717) is 12.8 Å². The van der Waals surface area contributed by atoms with Crippen molar-refractivity contribution in [3.63, 3.8) is 0 Å². The number of phosphoric ester groups is 1. The molecule has 0 bridgehead atoms. The molecular formula is C6H11O4P. The Balaban J connectivity index is 3.17. The molecule has 64 valence electrons. The Kier molecular flexibility index (Phi) is 5.18. The first-order chi connectivity index (χ1) is 5.06. The van der Waals surface area contributed by atoms with Crippen LogP contribution in [-0.4, -0.2) is 16.4 Å². The van der Waals surface area contributed by atoms with E-state index in [-0.39, 0.29) is 6.61 Å². The maximum atomic E-state index is 10.1. The lowest BCUT2D eigenvalue weighted by Crippen LogP contribution is -1.91. The Labute approximate surface area is 65.8 Å². The van der Waals surface area contributed by atoms with Gasteiger partial charge in [-0.15, -0.1) is 12.3 Å². The van der Waals surface area contributed by atoms with Crippen molar-refractivity contribution in [2.75, 3.05) is 6.61 Å². The van der Waals surface area contributed by atoms with Gasteiger partial charge in [-0.3, -0.25) is 4.52 Å². The minimum Gasteiger partial charge on any atom is -0.303 e. The van der Waals surface area contributed by atoms with Gasteiger partial charge in [0.15, 0.2) is 0 Å². The van der Waals surface area contributed by atoms with Gasteiger partial charge < -0.3 is 9.79 Å². The van der Waals surface area contributed by atoms with Gasteiger partial charge in [-0.25, -0.2) is 4.57 Å². The molecule has 0 aliphatic heterocycles.